The second-order valence-electron chi connectivity index (χ2n) is 3.52. The van der Waals surface area contributed by atoms with Crippen molar-refractivity contribution in [3.05, 3.63) is 24.0 Å². The summed E-state index contributed by atoms with van der Waals surface area (Å²) in [6.07, 6.45) is 2.42. The minimum absolute atomic E-state index is 0.222. The Morgan fingerprint density at radius 1 is 1.47 bits per heavy atom. The summed E-state index contributed by atoms with van der Waals surface area (Å²) in [5.74, 6) is -0.865. The van der Waals surface area contributed by atoms with Crippen molar-refractivity contribution in [3.8, 4) is 0 Å². The fourth-order valence-electron chi connectivity index (χ4n) is 1.63. The standard InChI is InChI=1S/C10H11N3O2/c11-6-3-4-12-8(5-6)7-1-2-9(14)13-10(7)15/h3-5,7H,1-2H2,(H2,11,12)(H,13,14,15). The maximum absolute atomic E-state index is 11.5. The van der Waals surface area contributed by atoms with E-state index in [2.05, 4.69) is 10.3 Å². The first-order valence-electron chi connectivity index (χ1n) is 4.72. The Kier molecular flexibility index (Phi) is 2.37. The van der Waals surface area contributed by atoms with Gasteiger partial charge >= 0.3 is 0 Å². The molecule has 2 rings (SSSR count). The third kappa shape index (κ3) is 1.96. The van der Waals surface area contributed by atoms with Crippen molar-refractivity contribution in [3.63, 3.8) is 0 Å². The summed E-state index contributed by atoms with van der Waals surface area (Å²) < 4.78 is 0. The van der Waals surface area contributed by atoms with E-state index in [-0.39, 0.29) is 17.7 Å². The van der Waals surface area contributed by atoms with Gasteiger partial charge in [0.05, 0.1) is 11.6 Å². The smallest absolute Gasteiger partial charge is 0.235 e. The van der Waals surface area contributed by atoms with Crippen molar-refractivity contribution in [1.29, 1.82) is 0 Å². The van der Waals surface area contributed by atoms with Gasteiger partial charge in [0.25, 0.3) is 0 Å². The SMILES string of the molecule is Nc1ccnc(C2CCC(=O)NC2=O)c1. The lowest BCUT2D eigenvalue weighted by Gasteiger charge is -2.20. The van der Waals surface area contributed by atoms with Gasteiger partial charge in [-0.2, -0.15) is 0 Å². The Hall–Kier alpha value is -1.91. The first-order chi connectivity index (χ1) is 7.16. The molecule has 0 saturated carbocycles. The monoisotopic (exact) mass is 205 g/mol. The van der Waals surface area contributed by atoms with Crippen molar-refractivity contribution in [1.82, 2.24) is 10.3 Å². The first-order valence-corrected chi connectivity index (χ1v) is 4.72. The highest BCUT2D eigenvalue weighted by molar-refractivity contribution is 6.00. The van der Waals surface area contributed by atoms with Gasteiger partial charge in [0, 0.05) is 18.3 Å². The van der Waals surface area contributed by atoms with Crippen molar-refractivity contribution in [2.45, 2.75) is 18.8 Å². The van der Waals surface area contributed by atoms with Crippen LogP contribution < -0.4 is 11.1 Å². The van der Waals surface area contributed by atoms with Crippen molar-refractivity contribution >= 4 is 17.5 Å². The van der Waals surface area contributed by atoms with Gasteiger partial charge in [-0.05, 0) is 18.6 Å². The molecule has 1 unspecified atom stereocenters. The van der Waals surface area contributed by atoms with E-state index in [0.717, 1.165) is 0 Å². The zero-order chi connectivity index (χ0) is 10.8. The van der Waals surface area contributed by atoms with E-state index in [1.807, 2.05) is 0 Å². The molecular formula is C10H11N3O2. The van der Waals surface area contributed by atoms with Gasteiger partial charge in [0.15, 0.2) is 0 Å². The summed E-state index contributed by atoms with van der Waals surface area (Å²) in [5, 5.41) is 2.29. The Morgan fingerprint density at radius 3 is 2.93 bits per heavy atom. The summed E-state index contributed by atoms with van der Waals surface area (Å²) in [6.45, 7) is 0. The number of hydrogen-bond donors (Lipinski definition) is 2. The molecule has 1 aliphatic rings. The van der Waals surface area contributed by atoms with Gasteiger partial charge in [-0.15, -0.1) is 0 Å². The van der Waals surface area contributed by atoms with E-state index in [0.29, 0.717) is 24.2 Å². The lowest BCUT2D eigenvalue weighted by atomic mass is 9.94. The van der Waals surface area contributed by atoms with E-state index >= 15 is 0 Å². The minimum Gasteiger partial charge on any atom is -0.399 e. The van der Waals surface area contributed by atoms with Crippen LogP contribution in [-0.4, -0.2) is 16.8 Å². The molecule has 0 aliphatic carbocycles. The molecule has 0 aromatic carbocycles. The van der Waals surface area contributed by atoms with E-state index in [4.69, 9.17) is 5.73 Å². The van der Waals surface area contributed by atoms with Gasteiger partial charge in [0.2, 0.25) is 11.8 Å². The second-order valence-corrected chi connectivity index (χ2v) is 3.52. The zero-order valence-corrected chi connectivity index (χ0v) is 8.06. The van der Waals surface area contributed by atoms with Crippen molar-refractivity contribution in [2.24, 2.45) is 0 Å². The van der Waals surface area contributed by atoms with E-state index in [9.17, 15) is 9.59 Å². The average Bonchev–Trinajstić information content (AvgIpc) is 2.17. The number of piperidine rings is 1. The van der Waals surface area contributed by atoms with E-state index < -0.39 is 0 Å². The summed E-state index contributed by atoms with van der Waals surface area (Å²) in [4.78, 5) is 26.5. The molecule has 1 aromatic heterocycles. The fraction of sp³-hybridized carbons (Fsp3) is 0.300. The molecule has 5 nitrogen and oxygen atoms in total. The molecule has 0 radical (unpaired) electrons. The highest BCUT2D eigenvalue weighted by atomic mass is 16.2. The maximum Gasteiger partial charge on any atom is 0.235 e. The summed E-state index contributed by atoms with van der Waals surface area (Å²) in [7, 11) is 0. The van der Waals surface area contributed by atoms with Gasteiger partial charge in [0.1, 0.15) is 0 Å². The summed E-state index contributed by atoms with van der Waals surface area (Å²) in [6, 6.07) is 3.33. The summed E-state index contributed by atoms with van der Waals surface area (Å²) in [5.41, 5.74) is 6.80. The minimum atomic E-state index is -0.355. The topological polar surface area (TPSA) is 85.1 Å². The number of nitrogens with one attached hydrogen (secondary N) is 1. The van der Waals surface area contributed by atoms with Crippen LogP contribution in [0.5, 0.6) is 0 Å². The number of imide groups is 1. The third-order valence-corrected chi connectivity index (χ3v) is 2.40. The van der Waals surface area contributed by atoms with Gasteiger partial charge in [-0.3, -0.25) is 19.9 Å². The first kappa shape index (κ1) is 9.64. The van der Waals surface area contributed by atoms with Crippen LogP contribution in [0.25, 0.3) is 0 Å². The van der Waals surface area contributed by atoms with Crippen LogP contribution in [0.2, 0.25) is 0 Å². The lowest BCUT2D eigenvalue weighted by molar-refractivity contribution is -0.134. The maximum atomic E-state index is 11.5. The quantitative estimate of drug-likeness (QED) is 0.640. The van der Waals surface area contributed by atoms with Crippen LogP contribution in [-0.2, 0) is 9.59 Å². The number of anilines is 1. The molecule has 5 heteroatoms. The number of rotatable bonds is 1. The van der Waals surface area contributed by atoms with Crippen LogP contribution >= 0.6 is 0 Å². The molecule has 2 heterocycles. The van der Waals surface area contributed by atoms with Crippen molar-refractivity contribution < 1.29 is 9.59 Å². The fourth-order valence-corrected chi connectivity index (χ4v) is 1.63. The molecule has 15 heavy (non-hydrogen) atoms. The van der Waals surface area contributed by atoms with Gasteiger partial charge in [-0.25, -0.2) is 0 Å². The number of nitrogen functional groups attached to an aromatic ring is 1. The van der Waals surface area contributed by atoms with Crippen LogP contribution in [0.15, 0.2) is 18.3 Å². The molecule has 2 amide bonds. The highest BCUT2D eigenvalue weighted by Crippen LogP contribution is 2.23. The number of amides is 2. The summed E-state index contributed by atoms with van der Waals surface area (Å²) >= 11 is 0. The van der Waals surface area contributed by atoms with Crippen LogP contribution in [0.4, 0.5) is 5.69 Å². The normalized spacial score (nSPS) is 21.2. The Morgan fingerprint density at radius 2 is 2.27 bits per heavy atom. The third-order valence-electron chi connectivity index (χ3n) is 2.40. The number of pyridine rings is 1. The van der Waals surface area contributed by atoms with Crippen LogP contribution in [0.1, 0.15) is 24.5 Å². The van der Waals surface area contributed by atoms with Crippen LogP contribution in [0.3, 0.4) is 0 Å². The molecular weight excluding hydrogens is 194 g/mol. The number of aromatic nitrogens is 1. The Bertz CT molecular complexity index is 417. The van der Waals surface area contributed by atoms with Crippen LogP contribution in [0, 0.1) is 0 Å². The highest BCUT2D eigenvalue weighted by Gasteiger charge is 2.28. The molecule has 1 aromatic rings. The predicted molar refractivity (Wildman–Crippen MR) is 53.8 cm³/mol. The Labute approximate surface area is 86.7 Å². The van der Waals surface area contributed by atoms with Gasteiger partial charge in [-0.1, -0.05) is 0 Å². The molecule has 1 aliphatic heterocycles. The Balaban J connectivity index is 2.24. The largest absolute Gasteiger partial charge is 0.399 e. The number of nitrogens with two attached hydrogens (primary N) is 1. The number of hydrogen-bond acceptors (Lipinski definition) is 4. The van der Waals surface area contributed by atoms with Gasteiger partial charge < -0.3 is 5.73 Å². The molecule has 1 saturated heterocycles. The lowest BCUT2D eigenvalue weighted by Crippen LogP contribution is -2.39. The average molecular weight is 205 g/mol. The molecule has 0 bridgehead atoms. The number of nitrogens with zero attached hydrogens (tertiary/aromatic N) is 1. The number of carbonyl (C=O) groups is 2. The second kappa shape index (κ2) is 3.68. The molecule has 0 spiro atoms. The van der Waals surface area contributed by atoms with E-state index in [1.54, 1.807) is 18.3 Å². The molecule has 78 valence electrons. The number of carbonyl (C=O) groups excluding carboxylic acids is 2. The molecule has 3 N–H and O–H groups in total. The van der Waals surface area contributed by atoms with E-state index in [1.165, 1.54) is 0 Å². The zero-order valence-electron chi connectivity index (χ0n) is 8.06. The molecule has 1 fully saturated rings. The predicted octanol–water partition coefficient (Wildman–Crippen LogP) is 0.184. The van der Waals surface area contributed by atoms with Crippen molar-refractivity contribution in [2.75, 3.05) is 5.73 Å². The molecule has 1 atom stereocenters.